The predicted octanol–water partition coefficient (Wildman–Crippen LogP) is 1.24. The van der Waals surface area contributed by atoms with Crippen LogP contribution in [-0.4, -0.2) is 26.9 Å². The summed E-state index contributed by atoms with van der Waals surface area (Å²) in [4.78, 5) is 0. The molecule has 1 aromatic rings. The fraction of sp³-hybridized carbons (Fsp3) is 0.500. The molecule has 1 aromatic carbocycles. The van der Waals surface area contributed by atoms with E-state index in [1.165, 1.54) is 0 Å². The smallest absolute Gasteiger partial charge is 0.199 e. The number of hydrogen-bond donors (Lipinski definition) is 1. The zero-order valence-electron chi connectivity index (χ0n) is 9.44. The average Bonchev–Trinajstić information content (AvgIpc) is 2.79. The van der Waals surface area contributed by atoms with Gasteiger partial charge >= 0.3 is 0 Å². The van der Waals surface area contributed by atoms with Gasteiger partial charge in [0.25, 0.3) is 0 Å². The molecule has 0 aliphatic carbocycles. The topological polar surface area (TPSA) is 53.7 Å². The van der Waals surface area contributed by atoms with Crippen molar-refractivity contribution in [2.24, 2.45) is 5.73 Å². The van der Waals surface area contributed by atoms with Crippen molar-refractivity contribution in [2.75, 3.05) is 26.9 Å². The average molecular weight is 223 g/mol. The Bertz CT molecular complexity index is 348. The molecule has 88 valence electrons. The Hall–Kier alpha value is -1.10. The van der Waals surface area contributed by atoms with Gasteiger partial charge in [-0.05, 0) is 18.7 Å². The molecule has 2 N–H and O–H groups in total. The summed E-state index contributed by atoms with van der Waals surface area (Å²) in [7, 11) is 1.64. The zero-order valence-corrected chi connectivity index (χ0v) is 9.44. The lowest BCUT2D eigenvalue weighted by Gasteiger charge is -2.28. The maximum atomic E-state index is 5.73. The molecule has 1 fully saturated rings. The lowest BCUT2D eigenvalue weighted by molar-refractivity contribution is -0.169. The second kappa shape index (κ2) is 4.82. The van der Waals surface area contributed by atoms with Crippen LogP contribution in [0.15, 0.2) is 24.3 Å². The normalized spacial score (nSPS) is 18.6. The van der Waals surface area contributed by atoms with E-state index in [2.05, 4.69) is 0 Å². The molecule has 2 rings (SSSR count). The minimum Gasteiger partial charge on any atom is -0.496 e. The van der Waals surface area contributed by atoms with Crippen LogP contribution < -0.4 is 10.5 Å². The summed E-state index contributed by atoms with van der Waals surface area (Å²) in [5.41, 5.74) is 6.54. The fourth-order valence-corrected chi connectivity index (χ4v) is 2.04. The van der Waals surface area contributed by atoms with Gasteiger partial charge in [0, 0.05) is 6.42 Å². The molecule has 1 heterocycles. The number of benzene rings is 1. The quantitative estimate of drug-likeness (QED) is 0.834. The molecule has 1 aliphatic heterocycles. The van der Waals surface area contributed by atoms with E-state index in [1.807, 2.05) is 24.3 Å². The molecular formula is C12H17NO3. The maximum absolute atomic E-state index is 5.73. The molecule has 16 heavy (non-hydrogen) atoms. The van der Waals surface area contributed by atoms with Crippen LogP contribution in [0, 0.1) is 0 Å². The molecule has 0 aromatic heterocycles. The second-order valence-corrected chi connectivity index (χ2v) is 3.69. The summed E-state index contributed by atoms with van der Waals surface area (Å²) in [5, 5.41) is 0. The second-order valence-electron chi connectivity index (χ2n) is 3.69. The Kier molecular flexibility index (Phi) is 3.43. The maximum Gasteiger partial charge on any atom is 0.199 e. The Morgan fingerprint density at radius 3 is 2.62 bits per heavy atom. The third kappa shape index (κ3) is 1.91. The van der Waals surface area contributed by atoms with E-state index in [9.17, 15) is 0 Å². The summed E-state index contributed by atoms with van der Waals surface area (Å²) < 4.78 is 16.8. The van der Waals surface area contributed by atoms with Crippen molar-refractivity contribution < 1.29 is 14.2 Å². The largest absolute Gasteiger partial charge is 0.496 e. The van der Waals surface area contributed by atoms with Gasteiger partial charge in [-0.25, -0.2) is 0 Å². The first-order chi connectivity index (χ1) is 7.82. The predicted molar refractivity (Wildman–Crippen MR) is 60.2 cm³/mol. The van der Waals surface area contributed by atoms with Crippen molar-refractivity contribution in [1.29, 1.82) is 0 Å². The van der Waals surface area contributed by atoms with E-state index < -0.39 is 5.79 Å². The van der Waals surface area contributed by atoms with E-state index in [-0.39, 0.29) is 0 Å². The Balaban J connectivity index is 2.38. The molecule has 0 amide bonds. The summed E-state index contributed by atoms with van der Waals surface area (Å²) in [6.45, 7) is 1.70. The number of rotatable bonds is 4. The van der Waals surface area contributed by atoms with Gasteiger partial charge in [0.2, 0.25) is 0 Å². The molecular weight excluding hydrogens is 206 g/mol. The van der Waals surface area contributed by atoms with E-state index in [0.717, 1.165) is 11.3 Å². The van der Waals surface area contributed by atoms with Crippen LogP contribution in [0.1, 0.15) is 12.0 Å². The van der Waals surface area contributed by atoms with Gasteiger partial charge < -0.3 is 19.9 Å². The van der Waals surface area contributed by atoms with Crippen molar-refractivity contribution >= 4 is 0 Å². The van der Waals surface area contributed by atoms with Crippen LogP contribution in [0.4, 0.5) is 0 Å². The van der Waals surface area contributed by atoms with Crippen LogP contribution in [0.5, 0.6) is 5.75 Å². The van der Waals surface area contributed by atoms with Crippen molar-refractivity contribution in [2.45, 2.75) is 12.2 Å². The van der Waals surface area contributed by atoms with Crippen molar-refractivity contribution in [1.82, 2.24) is 0 Å². The van der Waals surface area contributed by atoms with Gasteiger partial charge in [-0.15, -0.1) is 0 Å². The van der Waals surface area contributed by atoms with Crippen LogP contribution >= 0.6 is 0 Å². The molecule has 0 radical (unpaired) electrons. The third-order valence-electron chi connectivity index (χ3n) is 2.74. The molecule has 1 aliphatic rings. The lowest BCUT2D eigenvalue weighted by atomic mass is 10.0. The highest BCUT2D eigenvalue weighted by molar-refractivity contribution is 5.37. The van der Waals surface area contributed by atoms with Gasteiger partial charge in [0.15, 0.2) is 5.79 Å². The Morgan fingerprint density at radius 2 is 2.00 bits per heavy atom. The van der Waals surface area contributed by atoms with E-state index >= 15 is 0 Å². The number of para-hydroxylation sites is 1. The van der Waals surface area contributed by atoms with Crippen molar-refractivity contribution in [3.05, 3.63) is 29.8 Å². The zero-order chi connectivity index (χ0) is 11.4. The van der Waals surface area contributed by atoms with Gasteiger partial charge in [-0.2, -0.15) is 0 Å². The molecule has 0 atom stereocenters. The summed E-state index contributed by atoms with van der Waals surface area (Å²) >= 11 is 0. The fourth-order valence-electron chi connectivity index (χ4n) is 2.04. The van der Waals surface area contributed by atoms with Gasteiger partial charge in [-0.1, -0.05) is 12.1 Å². The first-order valence-corrected chi connectivity index (χ1v) is 5.44. The number of ether oxygens (including phenoxy) is 3. The monoisotopic (exact) mass is 223 g/mol. The molecule has 0 spiro atoms. The van der Waals surface area contributed by atoms with Gasteiger partial charge in [0.1, 0.15) is 5.75 Å². The Morgan fingerprint density at radius 1 is 1.31 bits per heavy atom. The first kappa shape index (κ1) is 11.4. The summed E-state index contributed by atoms with van der Waals surface area (Å²) in [6, 6.07) is 7.73. The van der Waals surface area contributed by atoms with Crippen LogP contribution in [0.2, 0.25) is 0 Å². The molecule has 1 saturated heterocycles. The van der Waals surface area contributed by atoms with Gasteiger partial charge in [-0.3, -0.25) is 0 Å². The molecule has 0 unspecified atom stereocenters. The summed E-state index contributed by atoms with van der Waals surface area (Å²) in [5.74, 6) is 0.0549. The highest BCUT2D eigenvalue weighted by Gasteiger charge is 2.39. The van der Waals surface area contributed by atoms with E-state index in [0.29, 0.717) is 26.2 Å². The molecule has 4 nitrogen and oxygen atoms in total. The summed E-state index contributed by atoms with van der Waals surface area (Å²) in [6.07, 6.45) is 0.632. The van der Waals surface area contributed by atoms with Crippen molar-refractivity contribution in [3.63, 3.8) is 0 Å². The Labute approximate surface area is 95.3 Å². The number of methoxy groups -OCH3 is 1. The molecule has 0 bridgehead atoms. The number of hydrogen-bond acceptors (Lipinski definition) is 4. The minimum absolute atomic E-state index is 0.512. The minimum atomic E-state index is -0.721. The van der Waals surface area contributed by atoms with Crippen molar-refractivity contribution in [3.8, 4) is 5.75 Å². The highest BCUT2D eigenvalue weighted by Crippen LogP contribution is 2.39. The molecule has 4 heteroatoms. The SMILES string of the molecule is COc1ccccc1C1(CCN)OCCO1. The standard InChI is InChI=1S/C12H17NO3/c1-14-11-5-3-2-4-10(11)12(6-7-13)15-8-9-16-12/h2-5H,6-9,13H2,1H3. The van der Waals surface area contributed by atoms with Crippen LogP contribution in [0.3, 0.4) is 0 Å². The molecule has 0 saturated carbocycles. The third-order valence-corrected chi connectivity index (χ3v) is 2.74. The van der Waals surface area contributed by atoms with E-state index in [4.69, 9.17) is 19.9 Å². The first-order valence-electron chi connectivity index (χ1n) is 5.44. The highest BCUT2D eigenvalue weighted by atomic mass is 16.7. The lowest BCUT2D eigenvalue weighted by Crippen LogP contribution is -2.30. The number of nitrogens with two attached hydrogens (primary N) is 1. The van der Waals surface area contributed by atoms with Gasteiger partial charge in [0.05, 0.1) is 25.9 Å². The van der Waals surface area contributed by atoms with Crippen LogP contribution in [0.25, 0.3) is 0 Å². The van der Waals surface area contributed by atoms with Crippen LogP contribution in [-0.2, 0) is 15.3 Å². The van der Waals surface area contributed by atoms with E-state index in [1.54, 1.807) is 7.11 Å².